The van der Waals surface area contributed by atoms with Crippen molar-refractivity contribution in [3.05, 3.63) is 47.3 Å². The number of benzene rings is 1. The van der Waals surface area contributed by atoms with Crippen molar-refractivity contribution in [1.29, 1.82) is 0 Å². The zero-order chi connectivity index (χ0) is 15.6. The minimum absolute atomic E-state index is 0.333. The largest absolute Gasteiger partial charge is 0.275 e. The van der Waals surface area contributed by atoms with Crippen molar-refractivity contribution < 1.29 is 8.42 Å². The first-order valence-electron chi connectivity index (χ1n) is 6.89. The first-order chi connectivity index (χ1) is 9.84. The van der Waals surface area contributed by atoms with Crippen LogP contribution in [0.25, 0.3) is 0 Å². The molecule has 0 N–H and O–H groups in total. The number of hydrogen-bond donors (Lipinski definition) is 0. The lowest BCUT2D eigenvalue weighted by Crippen LogP contribution is -2.30. The van der Waals surface area contributed by atoms with Crippen LogP contribution in [0.4, 0.5) is 0 Å². The monoisotopic (exact) mass is 307 g/mol. The molecule has 0 aliphatic heterocycles. The summed E-state index contributed by atoms with van der Waals surface area (Å²) in [5, 5.41) is 4.09. The van der Waals surface area contributed by atoms with Crippen LogP contribution in [0, 0.1) is 13.8 Å². The topological polar surface area (TPSA) is 55.2 Å². The summed E-state index contributed by atoms with van der Waals surface area (Å²) in [5.41, 5.74) is 2.59. The number of nitrogens with zero attached hydrogens (tertiary/aromatic N) is 3. The van der Waals surface area contributed by atoms with Gasteiger partial charge in [0.25, 0.3) is 0 Å². The lowest BCUT2D eigenvalue weighted by molar-refractivity contribution is 0.423. The zero-order valence-electron chi connectivity index (χ0n) is 12.9. The Hall–Kier alpha value is -1.66. The molecular weight excluding hydrogens is 286 g/mol. The standard InChI is InChI=1S/C15H21N3O2S/c1-5-18(11-14-9-16-17(4)10-14)21(19,20)15-8-12(2)6-7-13(15)3/h6-10H,5,11H2,1-4H3. The highest BCUT2D eigenvalue weighted by atomic mass is 32.2. The van der Waals surface area contributed by atoms with Gasteiger partial charge in [0, 0.05) is 31.9 Å². The number of aryl methyl sites for hydroxylation is 3. The van der Waals surface area contributed by atoms with Crippen LogP contribution in [0.15, 0.2) is 35.5 Å². The second kappa shape index (κ2) is 5.99. The Morgan fingerprint density at radius 3 is 2.57 bits per heavy atom. The maximum absolute atomic E-state index is 12.8. The summed E-state index contributed by atoms with van der Waals surface area (Å²) in [7, 11) is -1.68. The molecule has 1 aromatic carbocycles. The predicted molar refractivity (Wildman–Crippen MR) is 82.4 cm³/mol. The van der Waals surface area contributed by atoms with Gasteiger partial charge >= 0.3 is 0 Å². The van der Waals surface area contributed by atoms with E-state index in [4.69, 9.17) is 0 Å². The Balaban J connectivity index is 2.37. The summed E-state index contributed by atoms with van der Waals surface area (Å²) in [6.45, 7) is 6.32. The fourth-order valence-electron chi connectivity index (χ4n) is 2.25. The Bertz CT molecular complexity index is 735. The van der Waals surface area contributed by atoms with Crippen molar-refractivity contribution in [3.63, 3.8) is 0 Å². The van der Waals surface area contributed by atoms with Crippen LogP contribution < -0.4 is 0 Å². The average molecular weight is 307 g/mol. The highest BCUT2D eigenvalue weighted by molar-refractivity contribution is 7.89. The molecule has 6 heteroatoms. The molecule has 0 radical (unpaired) electrons. The second-order valence-electron chi connectivity index (χ2n) is 5.22. The van der Waals surface area contributed by atoms with Crippen molar-refractivity contribution in [1.82, 2.24) is 14.1 Å². The first-order valence-corrected chi connectivity index (χ1v) is 8.33. The van der Waals surface area contributed by atoms with Gasteiger partial charge in [0.2, 0.25) is 10.0 Å². The van der Waals surface area contributed by atoms with Crippen molar-refractivity contribution in [2.24, 2.45) is 7.05 Å². The number of aromatic nitrogens is 2. The fraction of sp³-hybridized carbons (Fsp3) is 0.400. The molecule has 0 atom stereocenters. The molecule has 21 heavy (non-hydrogen) atoms. The van der Waals surface area contributed by atoms with Gasteiger partial charge in [-0.25, -0.2) is 8.42 Å². The molecular formula is C15H21N3O2S. The molecule has 2 aromatic rings. The molecule has 114 valence electrons. The molecule has 5 nitrogen and oxygen atoms in total. The van der Waals surface area contributed by atoms with Crippen LogP contribution >= 0.6 is 0 Å². The molecule has 2 rings (SSSR count). The van der Waals surface area contributed by atoms with Crippen molar-refractivity contribution in [3.8, 4) is 0 Å². The van der Waals surface area contributed by atoms with E-state index in [0.717, 1.165) is 16.7 Å². The maximum Gasteiger partial charge on any atom is 0.243 e. The second-order valence-corrected chi connectivity index (χ2v) is 7.13. The van der Waals surface area contributed by atoms with E-state index in [9.17, 15) is 8.42 Å². The SMILES string of the molecule is CCN(Cc1cnn(C)c1)S(=O)(=O)c1cc(C)ccc1C. The van der Waals surface area contributed by atoms with Gasteiger partial charge in [-0.2, -0.15) is 9.40 Å². The van der Waals surface area contributed by atoms with Crippen LogP contribution in [0.2, 0.25) is 0 Å². The van der Waals surface area contributed by atoms with Gasteiger partial charge in [-0.3, -0.25) is 4.68 Å². The molecule has 0 fully saturated rings. The number of rotatable bonds is 5. The zero-order valence-corrected chi connectivity index (χ0v) is 13.7. The lowest BCUT2D eigenvalue weighted by atomic mass is 10.2. The van der Waals surface area contributed by atoms with E-state index in [2.05, 4.69) is 5.10 Å². The maximum atomic E-state index is 12.8. The smallest absolute Gasteiger partial charge is 0.243 e. The number of sulfonamides is 1. The first kappa shape index (κ1) is 15.7. The van der Waals surface area contributed by atoms with Gasteiger partial charge in [-0.15, -0.1) is 0 Å². The van der Waals surface area contributed by atoms with E-state index in [1.807, 2.05) is 46.1 Å². The highest BCUT2D eigenvalue weighted by Crippen LogP contribution is 2.22. The molecule has 0 spiro atoms. The summed E-state index contributed by atoms with van der Waals surface area (Å²) in [6, 6.07) is 5.50. The van der Waals surface area contributed by atoms with Crippen molar-refractivity contribution >= 4 is 10.0 Å². The minimum Gasteiger partial charge on any atom is -0.275 e. The Morgan fingerprint density at radius 1 is 1.29 bits per heavy atom. The molecule has 0 amide bonds. The quantitative estimate of drug-likeness (QED) is 0.851. The summed E-state index contributed by atoms with van der Waals surface area (Å²) in [5.74, 6) is 0. The molecule has 0 aliphatic carbocycles. The molecule has 1 heterocycles. The van der Waals surface area contributed by atoms with Crippen LogP contribution in [-0.4, -0.2) is 29.0 Å². The molecule has 0 aliphatic rings. The van der Waals surface area contributed by atoms with Gasteiger partial charge in [0.15, 0.2) is 0 Å². The summed E-state index contributed by atoms with van der Waals surface area (Å²) < 4.78 is 28.8. The molecule has 0 saturated heterocycles. The van der Waals surface area contributed by atoms with E-state index in [-0.39, 0.29) is 0 Å². The van der Waals surface area contributed by atoms with E-state index >= 15 is 0 Å². The Morgan fingerprint density at radius 2 is 2.00 bits per heavy atom. The number of hydrogen-bond acceptors (Lipinski definition) is 3. The van der Waals surface area contributed by atoms with E-state index in [0.29, 0.717) is 18.0 Å². The molecule has 0 saturated carbocycles. The van der Waals surface area contributed by atoms with Crippen molar-refractivity contribution in [2.75, 3.05) is 6.54 Å². The van der Waals surface area contributed by atoms with Crippen LogP contribution in [0.3, 0.4) is 0 Å². The average Bonchev–Trinajstić information content (AvgIpc) is 2.84. The van der Waals surface area contributed by atoms with E-state index in [1.54, 1.807) is 16.9 Å². The minimum atomic E-state index is -3.50. The van der Waals surface area contributed by atoms with Crippen LogP contribution in [-0.2, 0) is 23.6 Å². The molecule has 0 unspecified atom stereocenters. The molecule has 0 bridgehead atoms. The third kappa shape index (κ3) is 3.33. The Labute approximate surface area is 126 Å². The summed E-state index contributed by atoms with van der Waals surface area (Å²) >= 11 is 0. The van der Waals surface area contributed by atoms with E-state index in [1.165, 1.54) is 4.31 Å². The van der Waals surface area contributed by atoms with Gasteiger partial charge < -0.3 is 0 Å². The van der Waals surface area contributed by atoms with Crippen LogP contribution in [0.1, 0.15) is 23.6 Å². The molecule has 1 aromatic heterocycles. The summed E-state index contributed by atoms with van der Waals surface area (Å²) in [4.78, 5) is 0.383. The normalized spacial score (nSPS) is 12.0. The van der Waals surface area contributed by atoms with Gasteiger partial charge in [0.05, 0.1) is 11.1 Å². The summed E-state index contributed by atoms with van der Waals surface area (Å²) in [6.07, 6.45) is 3.53. The third-order valence-electron chi connectivity index (χ3n) is 3.43. The lowest BCUT2D eigenvalue weighted by Gasteiger charge is -2.21. The third-order valence-corrected chi connectivity index (χ3v) is 5.49. The van der Waals surface area contributed by atoms with Crippen LogP contribution in [0.5, 0.6) is 0 Å². The van der Waals surface area contributed by atoms with Crippen molar-refractivity contribution in [2.45, 2.75) is 32.2 Å². The predicted octanol–water partition coefficient (Wildman–Crippen LogP) is 2.25. The van der Waals surface area contributed by atoms with Gasteiger partial charge in [0.1, 0.15) is 0 Å². The van der Waals surface area contributed by atoms with Gasteiger partial charge in [-0.05, 0) is 31.0 Å². The van der Waals surface area contributed by atoms with Gasteiger partial charge in [-0.1, -0.05) is 19.1 Å². The fourth-order valence-corrected chi connectivity index (χ4v) is 4.00. The Kier molecular flexibility index (Phi) is 4.49. The highest BCUT2D eigenvalue weighted by Gasteiger charge is 2.25. The van der Waals surface area contributed by atoms with E-state index < -0.39 is 10.0 Å².